The van der Waals surface area contributed by atoms with E-state index in [0.717, 1.165) is 44.1 Å². The van der Waals surface area contributed by atoms with Crippen molar-refractivity contribution >= 4 is 0 Å². The van der Waals surface area contributed by atoms with Gasteiger partial charge in [-0.25, -0.2) is 0 Å². The molecule has 7 unspecified atom stereocenters. The third-order valence-electron chi connectivity index (χ3n) is 9.48. The van der Waals surface area contributed by atoms with Gasteiger partial charge in [0.15, 0.2) is 0 Å². The van der Waals surface area contributed by atoms with Crippen LogP contribution in [0.3, 0.4) is 0 Å². The van der Waals surface area contributed by atoms with Crippen molar-refractivity contribution in [1.29, 1.82) is 5.26 Å². The maximum absolute atomic E-state index is 10.4. The summed E-state index contributed by atoms with van der Waals surface area (Å²) in [5.74, 6) is 2.20. The van der Waals surface area contributed by atoms with Gasteiger partial charge in [-0.2, -0.15) is 5.26 Å². The van der Waals surface area contributed by atoms with Gasteiger partial charge in [0, 0.05) is 18.6 Å². The van der Waals surface area contributed by atoms with Crippen LogP contribution in [0.5, 0.6) is 0 Å². The van der Waals surface area contributed by atoms with Gasteiger partial charge in [-0.05, 0) is 86.4 Å². The number of allylic oxidation sites excluding steroid dienone is 2. The summed E-state index contributed by atoms with van der Waals surface area (Å²) < 4.78 is 5.85. The summed E-state index contributed by atoms with van der Waals surface area (Å²) in [4.78, 5) is 0. The van der Waals surface area contributed by atoms with Gasteiger partial charge in [-0.15, -0.1) is 0 Å². The Morgan fingerprint density at radius 3 is 2.69 bits per heavy atom. The molecule has 0 aliphatic heterocycles. The first-order valence-electron chi connectivity index (χ1n) is 10.7. The molecule has 4 aliphatic carbocycles. The zero-order valence-corrected chi connectivity index (χ0v) is 16.8. The predicted molar refractivity (Wildman–Crippen MR) is 102 cm³/mol. The van der Waals surface area contributed by atoms with E-state index in [2.05, 4.69) is 19.9 Å². The van der Waals surface area contributed by atoms with E-state index >= 15 is 0 Å². The van der Waals surface area contributed by atoms with E-state index < -0.39 is 0 Å². The highest BCUT2D eigenvalue weighted by molar-refractivity contribution is 5.28. The van der Waals surface area contributed by atoms with Crippen molar-refractivity contribution in [2.75, 3.05) is 13.7 Å². The fourth-order valence-electron chi connectivity index (χ4n) is 8.17. The molecule has 3 nitrogen and oxygen atoms in total. The highest BCUT2D eigenvalue weighted by Gasteiger charge is 2.64. The lowest BCUT2D eigenvalue weighted by molar-refractivity contribution is -0.195. The van der Waals surface area contributed by atoms with E-state index in [1.54, 1.807) is 0 Å². The summed E-state index contributed by atoms with van der Waals surface area (Å²) in [5.41, 5.74) is 2.09. The Bertz CT molecular complexity index is 637. The second kappa shape index (κ2) is 6.35. The highest BCUT2D eigenvalue weighted by atomic mass is 16.5. The maximum atomic E-state index is 10.4. The molecule has 0 aromatic heterocycles. The molecule has 0 saturated heterocycles. The van der Waals surface area contributed by atoms with Crippen LogP contribution in [0.4, 0.5) is 0 Å². The van der Waals surface area contributed by atoms with Gasteiger partial charge in [-0.3, -0.25) is 0 Å². The Kier molecular flexibility index (Phi) is 4.52. The topological polar surface area (TPSA) is 53.2 Å². The Morgan fingerprint density at radius 1 is 1.15 bits per heavy atom. The Labute approximate surface area is 158 Å². The van der Waals surface area contributed by atoms with Crippen LogP contribution in [0.15, 0.2) is 11.6 Å². The number of aliphatic hydroxyl groups is 1. The van der Waals surface area contributed by atoms with Gasteiger partial charge in [0.05, 0.1) is 18.8 Å². The average molecular weight is 358 g/mol. The standard InChI is InChI=1S/C23H35NO2/c1-21-10-7-18-19-5-4-16(9-13-24)22(19,2)11-8-20(18)23(21,15-26-3)12-6-17(25)14-21/h9,17-20,25H,4-8,10-12,14-15H2,1-3H3. The molecule has 3 heteroatoms. The van der Waals surface area contributed by atoms with Crippen LogP contribution in [0, 0.1) is 45.3 Å². The van der Waals surface area contributed by atoms with Gasteiger partial charge < -0.3 is 9.84 Å². The molecule has 0 amide bonds. The SMILES string of the molecule is COCC12CCC(O)CC1(C)CCC1C3CCC(=CC#N)C3(C)CCC12. The lowest BCUT2D eigenvalue weighted by Crippen LogP contribution is -2.60. The molecule has 0 heterocycles. The van der Waals surface area contributed by atoms with Crippen LogP contribution in [0.25, 0.3) is 0 Å². The molecule has 0 spiro atoms. The van der Waals surface area contributed by atoms with Crippen LogP contribution in [-0.4, -0.2) is 24.9 Å². The van der Waals surface area contributed by atoms with E-state index in [4.69, 9.17) is 4.74 Å². The van der Waals surface area contributed by atoms with Crippen LogP contribution in [-0.2, 0) is 4.74 Å². The zero-order valence-electron chi connectivity index (χ0n) is 16.8. The average Bonchev–Trinajstić information content (AvgIpc) is 2.93. The summed E-state index contributed by atoms with van der Waals surface area (Å²) in [6.07, 6.45) is 12.1. The minimum absolute atomic E-state index is 0.132. The molecule has 7 atom stereocenters. The second-order valence-corrected chi connectivity index (χ2v) is 10.3. The quantitative estimate of drug-likeness (QED) is 0.718. The smallest absolute Gasteiger partial charge is 0.0911 e. The highest BCUT2D eigenvalue weighted by Crippen LogP contribution is 2.70. The van der Waals surface area contributed by atoms with Crippen molar-refractivity contribution in [3.8, 4) is 6.07 Å². The Hall–Kier alpha value is -0.850. The molecule has 4 saturated carbocycles. The predicted octanol–water partition coefficient (Wildman–Crippen LogP) is 4.86. The van der Waals surface area contributed by atoms with Crippen molar-refractivity contribution in [3.63, 3.8) is 0 Å². The number of rotatable bonds is 2. The first-order chi connectivity index (χ1) is 12.4. The normalized spacial score (nSPS) is 52.0. The third-order valence-corrected chi connectivity index (χ3v) is 9.48. The number of hydrogen-bond acceptors (Lipinski definition) is 3. The number of ether oxygens (including phenoxy) is 1. The Morgan fingerprint density at radius 2 is 1.96 bits per heavy atom. The molecule has 4 fully saturated rings. The summed E-state index contributed by atoms with van der Waals surface area (Å²) in [5, 5.41) is 19.6. The number of nitriles is 1. The second-order valence-electron chi connectivity index (χ2n) is 10.3. The van der Waals surface area contributed by atoms with Crippen molar-refractivity contribution in [2.24, 2.45) is 34.0 Å². The molecule has 0 radical (unpaired) electrons. The van der Waals surface area contributed by atoms with Crippen LogP contribution < -0.4 is 0 Å². The number of methoxy groups -OCH3 is 1. The van der Waals surface area contributed by atoms with Gasteiger partial charge in [0.25, 0.3) is 0 Å². The molecule has 144 valence electrons. The van der Waals surface area contributed by atoms with E-state index in [-0.39, 0.29) is 22.3 Å². The third kappa shape index (κ3) is 2.38. The molecule has 0 aromatic rings. The molecule has 4 rings (SSSR count). The van der Waals surface area contributed by atoms with Gasteiger partial charge in [0.2, 0.25) is 0 Å². The lowest BCUT2D eigenvalue weighted by atomic mass is 9.40. The molecule has 26 heavy (non-hydrogen) atoms. The summed E-state index contributed by atoms with van der Waals surface area (Å²) in [6, 6.07) is 2.31. The van der Waals surface area contributed by atoms with E-state index in [1.165, 1.54) is 37.7 Å². The lowest BCUT2D eigenvalue weighted by Gasteiger charge is -2.65. The molecule has 0 aromatic carbocycles. The fourth-order valence-corrected chi connectivity index (χ4v) is 8.17. The zero-order chi connectivity index (χ0) is 18.6. The van der Waals surface area contributed by atoms with Gasteiger partial charge >= 0.3 is 0 Å². The van der Waals surface area contributed by atoms with E-state index in [9.17, 15) is 10.4 Å². The number of hydrogen-bond donors (Lipinski definition) is 1. The van der Waals surface area contributed by atoms with Gasteiger partial charge in [-0.1, -0.05) is 19.4 Å². The minimum atomic E-state index is -0.132. The number of aliphatic hydroxyl groups excluding tert-OH is 1. The number of nitrogens with zero attached hydrogens (tertiary/aromatic N) is 1. The molecular formula is C23H35NO2. The van der Waals surface area contributed by atoms with Gasteiger partial charge in [0.1, 0.15) is 0 Å². The summed E-state index contributed by atoms with van der Waals surface area (Å²) in [6.45, 7) is 5.72. The first-order valence-corrected chi connectivity index (χ1v) is 10.7. The maximum Gasteiger partial charge on any atom is 0.0911 e. The van der Waals surface area contributed by atoms with Crippen molar-refractivity contribution < 1.29 is 9.84 Å². The molecular weight excluding hydrogens is 322 g/mol. The first kappa shape index (κ1) is 18.5. The van der Waals surface area contributed by atoms with Crippen molar-refractivity contribution in [3.05, 3.63) is 11.6 Å². The Balaban J connectivity index is 1.70. The fraction of sp³-hybridized carbons (Fsp3) is 0.870. The van der Waals surface area contributed by atoms with Crippen LogP contribution >= 0.6 is 0 Å². The number of fused-ring (bicyclic) bond motifs is 5. The van der Waals surface area contributed by atoms with Crippen LogP contribution in [0.1, 0.15) is 71.6 Å². The largest absolute Gasteiger partial charge is 0.393 e. The monoisotopic (exact) mass is 357 g/mol. The van der Waals surface area contributed by atoms with Crippen LogP contribution in [0.2, 0.25) is 0 Å². The van der Waals surface area contributed by atoms with E-state index in [1.807, 2.05) is 13.2 Å². The summed E-state index contributed by atoms with van der Waals surface area (Å²) in [7, 11) is 1.86. The molecule has 1 N–H and O–H groups in total. The van der Waals surface area contributed by atoms with Crippen molar-refractivity contribution in [2.45, 2.75) is 77.7 Å². The van der Waals surface area contributed by atoms with E-state index in [0.29, 0.717) is 5.92 Å². The molecule has 0 bridgehead atoms. The minimum Gasteiger partial charge on any atom is -0.393 e. The summed E-state index contributed by atoms with van der Waals surface area (Å²) >= 11 is 0. The van der Waals surface area contributed by atoms with Crippen molar-refractivity contribution in [1.82, 2.24) is 0 Å². The molecule has 4 aliphatic rings.